The minimum absolute atomic E-state index is 0.115. The molecule has 4 heteroatoms. The molecular formula is C12H21NO3. The molecule has 92 valence electrons. The topological polar surface area (TPSA) is 49.8 Å². The number of Topliss-reactive ketones (excluding diaryl/α,β-unsaturated/α-hetero) is 1. The van der Waals surface area contributed by atoms with E-state index in [2.05, 4.69) is 4.90 Å². The van der Waals surface area contributed by atoms with E-state index in [-0.39, 0.29) is 18.3 Å². The lowest BCUT2D eigenvalue weighted by Crippen LogP contribution is -2.60. The first-order valence-corrected chi connectivity index (χ1v) is 6.14. The molecule has 2 aliphatic heterocycles. The number of nitrogens with zero attached hydrogens (tertiary/aromatic N) is 1. The van der Waals surface area contributed by atoms with Gasteiger partial charge in [-0.3, -0.25) is 9.69 Å². The maximum absolute atomic E-state index is 12.5. The molecule has 0 aromatic carbocycles. The molecular weight excluding hydrogens is 206 g/mol. The Hall–Kier alpha value is -0.450. The third-order valence-corrected chi connectivity index (χ3v) is 4.04. The SMILES string of the molecule is COC[C@@]1(CO)C(=O)C2CCCN1CCC2. The van der Waals surface area contributed by atoms with Crippen LogP contribution in [0.25, 0.3) is 0 Å². The third-order valence-electron chi connectivity index (χ3n) is 4.04. The normalized spacial score (nSPS) is 39.5. The van der Waals surface area contributed by atoms with Crippen LogP contribution < -0.4 is 0 Å². The van der Waals surface area contributed by atoms with Crippen LogP contribution in [-0.2, 0) is 9.53 Å². The van der Waals surface area contributed by atoms with Crippen molar-refractivity contribution in [3.63, 3.8) is 0 Å². The van der Waals surface area contributed by atoms with Crippen LogP contribution in [0.4, 0.5) is 0 Å². The predicted octanol–water partition coefficient (Wildman–Crippen LogP) is 0.439. The number of ether oxygens (including phenoxy) is 1. The van der Waals surface area contributed by atoms with Crippen molar-refractivity contribution in [2.75, 3.05) is 33.4 Å². The van der Waals surface area contributed by atoms with Crippen LogP contribution in [0.15, 0.2) is 0 Å². The highest BCUT2D eigenvalue weighted by Gasteiger charge is 2.49. The van der Waals surface area contributed by atoms with Gasteiger partial charge in [0.1, 0.15) is 5.54 Å². The number of carbonyl (C=O) groups is 1. The van der Waals surface area contributed by atoms with E-state index in [1.165, 1.54) is 0 Å². The van der Waals surface area contributed by atoms with Crippen molar-refractivity contribution in [3.05, 3.63) is 0 Å². The van der Waals surface area contributed by atoms with Crippen LogP contribution in [0.1, 0.15) is 25.7 Å². The Morgan fingerprint density at radius 3 is 2.56 bits per heavy atom. The summed E-state index contributed by atoms with van der Waals surface area (Å²) < 4.78 is 5.19. The van der Waals surface area contributed by atoms with E-state index in [1.807, 2.05) is 0 Å². The van der Waals surface area contributed by atoms with Crippen LogP contribution >= 0.6 is 0 Å². The number of hydrogen-bond acceptors (Lipinski definition) is 4. The maximum Gasteiger partial charge on any atom is 0.160 e. The Kier molecular flexibility index (Phi) is 3.62. The average Bonchev–Trinajstić information content (AvgIpc) is 2.44. The molecule has 0 aromatic rings. The number of rotatable bonds is 3. The lowest BCUT2D eigenvalue weighted by molar-refractivity contribution is -0.139. The Labute approximate surface area is 96.6 Å². The lowest BCUT2D eigenvalue weighted by atomic mass is 9.85. The van der Waals surface area contributed by atoms with Crippen molar-refractivity contribution in [3.8, 4) is 0 Å². The molecule has 4 nitrogen and oxygen atoms in total. The zero-order chi connectivity index (χ0) is 11.6. The number of methoxy groups -OCH3 is 1. The van der Waals surface area contributed by atoms with Gasteiger partial charge in [-0.05, 0) is 38.8 Å². The molecule has 16 heavy (non-hydrogen) atoms. The zero-order valence-corrected chi connectivity index (χ0v) is 9.95. The maximum atomic E-state index is 12.5. The molecule has 2 heterocycles. The molecule has 2 rings (SSSR count). The third kappa shape index (κ3) is 1.79. The van der Waals surface area contributed by atoms with Crippen molar-refractivity contribution in [2.24, 2.45) is 5.92 Å². The van der Waals surface area contributed by atoms with Gasteiger partial charge in [-0.15, -0.1) is 0 Å². The molecule has 1 atom stereocenters. The van der Waals surface area contributed by atoms with Gasteiger partial charge in [0.05, 0.1) is 13.2 Å². The minimum Gasteiger partial charge on any atom is -0.394 e. The molecule has 0 radical (unpaired) electrons. The number of fused-ring (bicyclic) bond motifs is 3. The van der Waals surface area contributed by atoms with Gasteiger partial charge in [0.15, 0.2) is 5.78 Å². The molecule has 0 amide bonds. The predicted molar refractivity (Wildman–Crippen MR) is 60.2 cm³/mol. The summed E-state index contributed by atoms with van der Waals surface area (Å²) in [4.78, 5) is 14.6. The van der Waals surface area contributed by atoms with E-state index in [0.717, 1.165) is 38.8 Å². The first-order chi connectivity index (χ1) is 7.74. The van der Waals surface area contributed by atoms with Gasteiger partial charge in [-0.2, -0.15) is 0 Å². The van der Waals surface area contributed by atoms with Gasteiger partial charge in [0, 0.05) is 13.0 Å². The first kappa shape index (κ1) is 12.0. The summed E-state index contributed by atoms with van der Waals surface area (Å²) in [6.45, 7) is 2.02. The van der Waals surface area contributed by atoms with E-state index in [1.54, 1.807) is 7.11 Å². The second-order valence-electron chi connectivity index (χ2n) is 4.96. The van der Waals surface area contributed by atoms with Crippen molar-refractivity contribution in [2.45, 2.75) is 31.2 Å². The highest BCUT2D eigenvalue weighted by Crippen LogP contribution is 2.34. The van der Waals surface area contributed by atoms with Gasteiger partial charge in [0.2, 0.25) is 0 Å². The molecule has 1 N–H and O–H groups in total. The quantitative estimate of drug-likeness (QED) is 0.760. The Morgan fingerprint density at radius 1 is 1.44 bits per heavy atom. The second-order valence-corrected chi connectivity index (χ2v) is 4.96. The fourth-order valence-corrected chi connectivity index (χ4v) is 3.16. The first-order valence-electron chi connectivity index (χ1n) is 6.14. The number of hydrogen-bond donors (Lipinski definition) is 1. The van der Waals surface area contributed by atoms with Crippen molar-refractivity contribution < 1.29 is 14.6 Å². The van der Waals surface area contributed by atoms with Crippen LogP contribution in [-0.4, -0.2) is 54.7 Å². The fraction of sp³-hybridized carbons (Fsp3) is 0.917. The number of aliphatic hydroxyl groups is 1. The largest absolute Gasteiger partial charge is 0.394 e. The van der Waals surface area contributed by atoms with E-state index in [4.69, 9.17) is 4.74 Å². The van der Waals surface area contributed by atoms with Gasteiger partial charge < -0.3 is 9.84 Å². The summed E-state index contributed by atoms with van der Waals surface area (Å²) in [7, 11) is 1.60. The van der Waals surface area contributed by atoms with Crippen molar-refractivity contribution in [1.82, 2.24) is 4.90 Å². The second kappa shape index (κ2) is 4.82. The molecule has 0 aromatic heterocycles. The molecule has 2 saturated heterocycles. The van der Waals surface area contributed by atoms with E-state index < -0.39 is 5.54 Å². The van der Waals surface area contributed by atoms with E-state index >= 15 is 0 Å². The van der Waals surface area contributed by atoms with Crippen LogP contribution in [0.5, 0.6) is 0 Å². The number of carbonyl (C=O) groups excluding carboxylic acids is 1. The van der Waals surface area contributed by atoms with Crippen LogP contribution in [0.2, 0.25) is 0 Å². The monoisotopic (exact) mass is 227 g/mol. The lowest BCUT2D eigenvalue weighted by Gasteiger charge is -2.39. The average molecular weight is 227 g/mol. The fourth-order valence-electron chi connectivity index (χ4n) is 3.16. The summed E-state index contributed by atoms with van der Waals surface area (Å²) in [5, 5.41) is 9.67. The highest BCUT2D eigenvalue weighted by atomic mass is 16.5. The highest BCUT2D eigenvalue weighted by molar-refractivity contribution is 5.91. The summed E-state index contributed by atoms with van der Waals surface area (Å²) in [5.41, 5.74) is -0.758. The van der Waals surface area contributed by atoms with Crippen molar-refractivity contribution in [1.29, 1.82) is 0 Å². The standard InChI is InChI=1S/C12H21NO3/c1-16-9-12(8-14)11(15)10-4-2-6-13(12)7-3-5-10/h10,14H,2-9H2,1H3/t12-/m0/s1. The minimum atomic E-state index is -0.758. The summed E-state index contributed by atoms with van der Waals surface area (Å²) in [6, 6.07) is 0. The van der Waals surface area contributed by atoms with Gasteiger partial charge in [-0.25, -0.2) is 0 Å². The van der Waals surface area contributed by atoms with Gasteiger partial charge >= 0.3 is 0 Å². The molecule has 0 aliphatic carbocycles. The van der Waals surface area contributed by atoms with Gasteiger partial charge in [-0.1, -0.05) is 0 Å². The van der Waals surface area contributed by atoms with Crippen molar-refractivity contribution >= 4 is 5.78 Å². The smallest absolute Gasteiger partial charge is 0.160 e. The summed E-state index contributed by atoms with van der Waals surface area (Å²) in [6.07, 6.45) is 4.06. The van der Waals surface area contributed by atoms with E-state index in [9.17, 15) is 9.90 Å². The van der Waals surface area contributed by atoms with Crippen LogP contribution in [0, 0.1) is 5.92 Å². The molecule has 0 spiro atoms. The Morgan fingerprint density at radius 2 is 2.06 bits per heavy atom. The number of ketones is 1. The molecule has 2 fully saturated rings. The van der Waals surface area contributed by atoms with E-state index in [0.29, 0.717) is 6.61 Å². The summed E-state index contributed by atoms with van der Waals surface area (Å²) >= 11 is 0. The molecule has 2 bridgehead atoms. The van der Waals surface area contributed by atoms with Gasteiger partial charge in [0.25, 0.3) is 0 Å². The summed E-state index contributed by atoms with van der Waals surface area (Å²) in [5.74, 6) is 0.335. The Balaban J connectivity index is 2.34. The van der Waals surface area contributed by atoms with Crippen LogP contribution in [0.3, 0.4) is 0 Å². The number of aliphatic hydroxyl groups excluding tert-OH is 1. The molecule has 0 unspecified atom stereocenters. The molecule has 2 aliphatic rings. The zero-order valence-electron chi connectivity index (χ0n) is 9.95. The molecule has 0 saturated carbocycles. The Bertz CT molecular complexity index is 259.